The van der Waals surface area contributed by atoms with Crippen LogP contribution in [0.4, 0.5) is 0 Å². The van der Waals surface area contributed by atoms with Crippen LogP contribution in [0.15, 0.2) is 71.2 Å². The van der Waals surface area contributed by atoms with Crippen molar-refractivity contribution < 1.29 is 4.74 Å². The van der Waals surface area contributed by atoms with Gasteiger partial charge in [-0.15, -0.1) is 0 Å². The van der Waals surface area contributed by atoms with Gasteiger partial charge in [0.1, 0.15) is 5.75 Å². The van der Waals surface area contributed by atoms with Crippen LogP contribution in [0, 0.1) is 0 Å². The summed E-state index contributed by atoms with van der Waals surface area (Å²) in [5, 5.41) is 2.47. The van der Waals surface area contributed by atoms with Gasteiger partial charge in [-0.05, 0) is 36.4 Å². The molecule has 1 heterocycles. The number of benzene rings is 3. The highest BCUT2D eigenvalue weighted by molar-refractivity contribution is 9.10. The van der Waals surface area contributed by atoms with Crippen LogP contribution in [0.1, 0.15) is 13.8 Å². The first kappa shape index (κ1) is 16.6. The lowest BCUT2D eigenvalue weighted by molar-refractivity contribution is 0.415. The Morgan fingerprint density at radius 3 is 2.08 bits per heavy atom. The lowest BCUT2D eigenvalue weighted by Gasteiger charge is -2.08. The van der Waals surface area contributed by atoms with Crippen molar-refractivity contribution in [1.29, 1.82) is 0 Å². The molecule has 0 bridgehead atoms. The average molecular weight is 382 g/mol. The molecule has 0 N–H and O–H groups in total. The predicted octanol–water partition coefficient (Wildman–Crippen LogP) is 6.58. The summed E-state index contributed by atoms with van der Waals surface area (Å²) in [6, 6.07) is 23.0. The third kappa shape index (κ3) is 2.80. The number of hydrogen-bond donors (Lipinski definition) is 0. The van der Waals surface area contributed by atoms with E-state index in [-0.39, 0.29) is 0 Å². The Bertz CT molecular complexity index is 973. The van der Waals surface area contributed by atoms with Gasteiger partial charge in [0.25, 0.3) is 0 Å². The Balaban J connectivity index is 0.000000815. The highest BCUT2D eigenvalue weighted by Gasteiger charge is 2.13. The number of ether oxygens (including phenoxy) is 1. The summed E-state index contributed by atoms with van der Waals surface area (Å²) in [4.78, 5) is 0. The minimum atomic E-state index is 0.867. The van der Waals surface area contributed by atoms with Crippen molar-refractivity contribution in [2.45, 2.75) is 13.8 Å². The second-order valence-corrected chi connectivity index (χ2v) is 6.13. The number of hydrogen-bond acceptors (Lipinski definition) is 1. The molecule has 1 aromatic heterocycles. The van der Waals surface area contributed by atoms with Gasteiger partial charge in [-0.25, -0.2) is 0 Å². The van der Waals surface area contributed by atoms with E-state index in [0.29, 0.717) is 0 Å². The standard InChI is InChI=1S/C19H14BrNO.C2H6/c1-22-15-8-10-17-16-9-7-13(20)11-18(16)21(19(17)12-15)14-5-3-2-4-6-14;1-2/h2-12H,1H3;1-2H3. The van der Waals surface area contributed by atoms with Crippen molar-refractivity contribution in [1.82, 2.24) is 4.57 Å². The smallest absolute Gasteiger partial charge is 0.120 e. The van der Waals surface area contributed by atoms with Gasteiger partial charge in [0.2, 0.25) is 0 Å². The molecular weight excluding hydrogens is 362 g/mol. The van der Waals surface area contributed by atoms with Gasteiger partial charge in [-0.2, -0.15) is 0 Å². The fraction of sp³-hybridized carbons (Fsp3) is 0.143. The molecule has 0 atom stereocenters. The number of halogens is 1. The third-order valence-electron chi connectivity index (χ3n) is 3.95. The zero-order valence-electron chi connectivity index (χ0n) is 14.1. The fourth-order valence-corrected chi connectivity index (χ4v) is 3.30. The van der Waals surface area contributed by atoms with Crippen molar-refractivity contribution in [2.24, 2.45) is 0 Å². The average Bonchev–Trinajstić information content (AvgIpc) is 2.96. The molecule has 2 nitrogen and oxygen atoms in total. The number of para-hydroxylation sites is 1. The van der Waals surface area contributed by atoms with Gasteiger partial charge < -0.3 is 9.30 Å². The van der Waals surface area contributed by atoms with E-state index >= 15 is 0 Å². The van der Waals surface area contributed by atoms with Crippen LogP contribution in [0.2, 0.25) is 0 Å². The maximum atomic E-state index is 5.41. The van der Waals surface area contributed by atoms with Gasteiger partial charge in [-0.3, -0.25) is 0 Å². The molecule has 4 rings (SSSR count). The summed E-state index contributed by atoms with van der Waals surface area (Å²) in [5.74, 6) is 0.867. The van der Waals surface area contributed by atoms with Crippen molar-refractivity contribution in [3.8, 4) is 11.4 Å². The summed E-state index contributed by atoms with van der Waals surface area (Å²) in [6.07, 6.45) is 0. The van der Waals surface area contributed by atoms with E-state index in [4.69, 9.17) is 4.74 Å². The first-order valence-corrected chi connectivity index (χ1v) is 8.90. The van der Waals surface area contributed by atoms with Crippen molar-refractivity contribution >= 4 is 37.7 Å². The van der Waals surface area contributed by atoms with E-state index in [1.165, 1.54) is 16.3 Å². The maximum Gasteiger partial charge on any atom is 0.120 e. The van der Waals surface area contributed by atoms with Gasteiger partial charge in [-0.1, -0.05) is 54.0 Å². The predicted molar refractivity (Wildman–Crippen MR) is 106 cm³/mol. The molecule has 0 aliphatic rings. The maximum absolute atomic E-state index is 5.41. The van der Waals surface area contributed by atoms with Crippen LogP contribution in [-0.4, -0.2) is 11.7 Å². The van der Waals surface area contributed by atoms with Crippen molar-refractivity contribution in [3.63, 3.8) is 0 Å². The molecule has 3 heteroatoms. The second-order valence-electron chi connectivity index (χ2n) is 5.22. The van der Waals surface area contributed by atoms with Crippen molar-refractivity contribution in [3.05, 3.63) is 71.2 Å². The fourth-order valence-electron chi connectivity index (χ4n) is 2.95. The highest BCUT2D eigenvalue weighted by Crippen LogP contribution is 2.35. The minimum Gasteiger partial charge on any atom is -0.497 e. The highest BCUT2D eigenvalue weighted by atomic mass is 79.9. The first-order valence-electron chi connectivity index (χ1n) is 8.11. The van der Waals surface area contributed by atoms with E-state index in [1.54, 1.807) is 7.11 Å². The molecule has 3 aromatic carbocycles. The van der Waals surface area contributed by atoms with Crippen LogP contribution >= 0.6 is 15.9 Å². The lowest BCUT2D eigenvalue weighted by atomic mass is 10.1. The first-order chi connectivity index (χ1) is 11.8. The van der Waals surface area contributed by atoms with Gasteiger partial charge >= 0.3 is 0 Å². The van der Waals surface area contributed by atoms with Crippen LogP contribution in [0.5, 0.6) is 5.75 Å². The molecule has 4 aromatic rings. The molecule has 0 saturated carbocycles. The lowest BCUT2D eigenvalue weighted by Crippen LogP contribution is -1.93. The molecule has 0 amide bonds. The Morgan fingerprint density at radius 1 is 0.792 bits per heavy atom. The van der Waals surface area contributed by atoms with E-state index < -0.39 is 0 Å². The molecular formula is C21H20BrNO. The van der Waals surface area contributed by atoms with Crippen LogP contribution in [0.25, 0.3) is 27.5 Å². The van der Waals surface area contributed by atoms with E-state index in [1.807, 2.05) is 26.0 Å². The molecule has 0 saturated heterocycles. The van der Waals surface area contributed by atoms with E-state index in [0.717, 1.165) is 21.4 Å². The molecule has 24 heavy (non-hydrogen) atoms. The number of methoxy groups -OCH3 is 1. The minimum absolute atomic E-state index is 0.867. The second kappa shape index (κ2) is 7.10. The SMILES string of the molecule is CC.COc1ccc2c3ccc(Br)cc3n(-c3ccccc3)c2c1. The van der Waals surface area contributed by atoms with E-state index in [9.17, 15) is 0 Å². The molecule has 0 radical (unpaired) electrons. The summed E-state index contributed by atoms with van der Waals surface area (Å²) in [5.41, 5.74) is 3.48. The monoisotopic (exact) mass is 381 g/mol. The number of fused-ring (bicyclic) bond motifs is 3. The van der Waals surface area contributed by atoms with Crippen LogP contribution in [0.3, 0.4) is 0 Å². The zero-order valence-corrected chi connectivity index (χ0v) is 15.7. The van der Waals surface area contributed by atoms with Gasteiger partial charge in [0.05, 0.1) is 18.1 Å². The molecule has 0 aliphatic heterocycles. The molecule has 0 spiro atoms. The van der Waals surface area contributed by atoms with Gasteiger partial charge in [0.15, 0.2) is 0 Å². The topological polar surface area (TPSA) is 14.2 Å². The largest absolute Gasteiger partial charge is 0.497 e. The quantitative estimate of drug-likeness (QED) is 0.382. The Morgan fingerprint density at radius 2 is 1.42 bits per heavy atom. The summed E-state index contributed by atoms with van der Waals surface area (Å²) >= 11 is 3.59. The van der Waals surface area contributed by atoms with E-state index in [2.05, 4.69) is 75.1 Å². The molecule has 0 fully saturated rings. The Hall–Kier alpha value is -2.26. The molecule has 0 aliphatic carbocycles. The number of nitrogens with zero attached hydrogens (tertiary/aromatic N) is 1. The molecule has 0 unspecified atom stereocenters. The normalized spacial score (nSPS) is 10.5. The summed E-state index contributed by atoms with van der Waals surface area (Å²) < 4.78 is 8.76. The zero-order chi connectivity index (χ0) is 17.1. The third-order valence-corrected chi connectivity index (χ3v) is 4.44. The van der Waals surface area contributed by atoms with Crippen LogP contribution in [-0.2, 0) is 0 Å². The van der Waals surface area contributed by atoms with Gasteiger partial charge in [0, 0.05) is 27.0 Å². The Kier molecular flexibility index (Phi) is 4.91. The van der Waals surface area contributed by atoms with Crippen LogP contribution < -0.4 is 4.74 Å². The Labute approximate surface area is 150 Å². The summed E-state index contributed by atoms with van der Waals surface area (Å²) in [7, 11) is 1.70. The van der Waals surface area contributed by atoms with Crippen molar-refractivity contribution in [2.75, 3.05) is 7.11 Å². The summed E-state index contributed by atoms with van der Waals surface area (Å²) in [6.45, 7) is 4.00. The molecule has 122 valence electrons. The number of aromatic nitrogens is 1. The number of rotatable bonds is 2.